The van der Waals surface area contributed by atoms with Crippen LogP contribution in [0.15, 0.2) is 22.7 Å². The molecule has 4 nitrogen and oxygen atoms in total. The van der Waals surface area contributed by atoms with E-state index in [4.69, 9.17) is 16.3 Å². The molecule has 0 bridgehead atoms. The molecule has 1 aliphatic carbocycles. The molecule has 1 aliphatic heterocycles. The Bertz CT molecular complexity index is 656. The Balaban J connectivity index is 1.29. The van der Waals surface area contributed by atoms with E-state index in [0.29, 0.717) is 6.04 Å². The minimum Gasteiger partial charge on any atom is -0.453 e. The molecule has 6 heteroatoms. The number of hydrogen-bond acceptors (Lipinski definition) is 3. The highest BCUT2D eigenvalue weighted by Gasteiger charge is 2.23. The molecule has 2 aliphatic rings. The average Bonchev–Trinajstić information content (AvgIpc) is 2.73. The summed E-state index contributed by atoms with van der Waals surface area (Å²) in [6, 6.07) is 6.41. The molecule has 0 aromatic heterocycles. The van der Waals surface area contributed by atoms with E-state index in [1.54, 1.807) is 0 Å². The molecule has 1 aromatic rings. The third-order valence-corrected chi connectivity index (χ3v) is 7.67. The van der Waals surface area contributed by atoms with E-state index in [1.807, 2.05) is 6.07 Å². The first-order valence-electron chi connectivity index (χ1n) is 11.0. The van der Waals surface area contributed by atoms with Crippen molar-refractivity contribution in [3.05, 3.63) is 33.3 Å². The van der Waals surface area contributed by atoms with Crippen LogP contribution in [0.1, 0.15) is 56.9 Å². The molecule has 1 heterocycles. The Morgan fingerprint density at radius 2 is 1.90 bits per heavy atom. The van der Waals surface area contributed by atoms with Crippen molar-refractivity contribution in [2.45, 2.75) is 63.8 Å². The summed E-state index contributed by atoms with van der Waals surface area (Å²) in [7, 11) is 1.43. The summed E-state index contributed by atoms with van der Waals surface area (Å²) in [4.78, 5) is 14.0. The number of hydrogen-bond donors (Lipinski definition) is 1. The van der Waals surface area contributed by atoms with Crippen LogP contribution in [0.5, 0.6) is 0 Å². The van der Waals surface area contributed by atoms with Crippen LogP contribution in [0, 0.1) is 11.8 Å². The predicted octanol–water partition coefficient (Wildman–Crippen LogP) is 6.05. The number of likely N-dealkylation sites (tertiary alicyclic amines) is 1. The lowest BCUT2D eigenvalue weighted by Gasteiger charge is -2.33. The highest BCUT2D eigenvalue weighted by atomic mass is 79.9. The van der Waals surface area contributed by atoms with Crippen molar-refractivity contribution >= 4 is 33.6 Å². The van der Waals surface area contributed by atoms with E-state index in [0.717, 1.165) is 36.1 Å². The van der Waals surface area contributed by atoms with Gasteiger partial charge in [0.05, 0.1) is 7.11 Å². The van der Waals surface area contributed by atoms with Gasteiger partial charge >= 0.3 is 6.09 Å². The molecular weight excluding hydrogens is 452 g/mol. The molecule has 0 spiro atoms. The minimum absolute atomic E-state index is 0.292. The first-order chi connectivity index (χ1) is 14.0. The summed E-state index contributed by atoms with van der Waals surface area (Å²) in [5, 5.41) is 3.77. The fraction of sp³-hybridized carbons (Fsp3) is 0.696. The molecule has 1 amide bonds. The first kappa shape index (κ1) is 22.9. The summed E-state index contributed by atoms with van der Waals surface area (Å²) < 4.78 is 5.88. The fourth-order valence-electron chi connectivity index (χ4n) is 4.85. The highest BCUT2D eigenvalue weighted by Crippen LogP contribution is 2.30. The van der Waals surface area contributed by atoms with Gasteiger partial charge < -0.3 is 15.0 Å². The maximum absolute atomic E-state index is 11.3. The normalized spacial score (nSPS) is 23.7. The number of carbonyl (C=O) groups excluding carboxylic acids is 1. The van der Waals surface area contributed by atoms with Crippen molar-refractivity contribution in [2.75, 3.05) is 26.7 Å². The van der Waals surface area contributed by atoms with Crippen molar-refractivity contribution in [1.29, 1.82) is 0 Å². The molecular formula is C23H34BrClN2O2. The third-order valence-electron chi connectivity index (χ3n) is 6.66. The standard InChI is InChI=1S/C23H34BrClN2O2/c1-29-23(28)26-21-7-4-17(5-8-21)3-2-12-27-13-10-18(11-14-27)15-19-16-20(25)6-9-22(19)24/h6,9,16-18,21H,2-5,7-8,10-15H2,1H3,(H,26,28). The number of ether oxygens (including phenoxy) is 1. The van der Waals surface area contributed by atoms with Crippen molar-refractivity contribution in [2.24, 2.45) is 11.8 Å². The molecule has 1 saturated carbocycles. The predicted molar refractivity (Wildman–Crippen MR) is 123 cm³/mol. The van der Waals surface area contributed by atoms with Crippen LogP contribution < -0.4 is 5.32 Å². The number of piperidine rings is 1. The van der Waals surface area contributed by atoms with Gasteiger partial charge in [-0.15, -0.1) is 0 Å². The van der Waals surface area contributed by atoms with Crippen molar-refractivity contribution in [3.63, 3.8) is 0 Å². The lowest BCUT2D eigenvalue weighted by Crippen LogP contribution is -2.37. The molecule has 2 fully saturated rings. The topological polar surface area (TPSA) is 41.6 Å². The largest absolute Gasteiger partial charge is 0.453 e. The molecule has 1 N–H and O–H groups in total. The maximum Gasteiger partial charge on any atom is 0.407 e. The highest BCUT2D eigenvalue weighted by molar-refractivity contribution is 9.10. The van der Waals surface area contributed by atoms with E-state index in [2.05, 4.69) is 38.3 Å². The molecule has 29 heavy (non-hydrogen) atoms. The number of methoxy groups -OCH3 is 1. The lowest BCUT2D eigenvalue weighted by atomic mass is 9.83. The Morgan fingerprint density at radius 3 is 2.59 bits per heavy atom. The van der Waals surface area contributed by atoms with Gasteiger partial charge in [-0.1, -0.05) is 27.5 Å². The van der Waals surface area contributed by atoms with Gasteiger partial charge in [0.2, 0.25) is 0 Å². The summed E-state index contributed by atoms with van der Waals surface area (Å²) in [5.41, 5.74) is 1.34. The van der Waals surface area contributed by atoms with Gasteiger partial charge in [-0.05, 0) is 113 Å². The summed E-state index contributed by atoms with van der Waals surface area (Å²) in [6.07, 6.45) is 10.6. The zero-order valence-corrected chi connectivity index (χ0v) is 19.8. The smallest absolute Gasteiger partial charge is 0.407 e. The van der Waals surface area contributed by atoms with Gasteiger partial charge in [0.25, 0.3) is 0 Å². The number of halogens is 2. The number of nitrogens with one attached hydrogen (secondary N) is 1. The number of amides is 1. The van der Waals surface area contributed by atoms with Crippen molar-refractivity contribution in [3.8, 4) is 0 Å². The summed E-state index contributed by atoms with van der Waals surface area (Å²) in [5.74, 6) is 1.59. The zero-order valence-electron chi connectivity index (χ0n) is 17.5. The minimum atomic E-state index is -0.292. The molecule has 0 atom stereocenters. The molecule has 1 aromatic carbocycles. The third kappa shape index (κ3) is 7.45. The monoisotopic (exact) mass is 484 g/mol. The van der Waals surface area contributed by atoms with Gasteiger partial charge in [0.15, 0.2) is 0 Å². The number of carbonyl (C=O) groups is 1. The van der Waals surface area contributed by atoms with Gasteiger partial charge in [0.1, 0.15) is 0 Å². The Hall–Kier alpha value is -0.780. The SMILES string of the molecule is COC(=O)NC1CCC(CCCN2CCC(Cc3cc(Cl)ccc3Br)CC2)CC1. The Kier molecular flexibility index (Phi) is 9.13. The van der Waals surface area contributed by atoms with Gasteiger partial charge in [-0.3, -0.25) is 0 Å². The van der Waals surface area contributed by atoms with Crippen molar-refractivity contribution < 1.29 is 9.53 Å². The van der Waals surface area contributed by atoms with Crippen LogP contribution in [0.25, 0.3) is 0 Å². The fourth-order valence-corrected chi connectivity index (χ4v) is 5.45. The van der Waals surface area contributed by atoms with Crippen LogP contribution in [0.2, 0.25) is 5.02 Å². The Morgan fingerprint density at radius 1 is 1.17 bits per heavy atom. The molecule has 1 saturated heterocycles. The molecule has 3 rings (SSSR count). The van der Waals surface area contributed by atoms with E-state index in [1.165, 1.54) is 75.3 Å². The second kappa shape index (κ2) is 11.6. The average molecular weight is 486 g/mol. The quantitative estimate of drug-likeness (QED) is 0.511. The van der Waals surface area contributed by atoms with E-state index in [-0.39, 0.29) is 6.09 Å². The first-order valence-corrected chi connectivity index (χ1v) is 12.2. The zero-order chi connectivity index (χ0) is 20.6. The maximum atomic E-state index is 11.3. The summed E-state index contributed by atoms with van der Waals surface area (Å²) >= 11 is 9.83. The van der Waals surface area contributed by atoms with E-state index in [9.17, 15) is 4.79 Å². The molecule has 0 unspecified atom stereocenters. The number of alkyl carbamates (subject to hydrolysis) is 1. The van der Waals surface area contributed by atoms with Crippen LogP contribution in [0.3, 0.4) is 0 Å². The molecule has 162 valence electrons. The number of rotatable bonds is 7. The van der Waals surface area contributed by atoms with Crippen LogP contribution in [-0.2, 0) is 11.2 Å². The second-order valence-corrected chi connectivity index (χ2v) is 10.0. The van der Waals surface area contributed by atoms with Crippen LogP contribution in [-0.4, -0.2) is 43.8 Å². The van der Waals surface area contributed by atoms with Crippen LogP contribution >= 0.6 is 27.5 Å². The van der Waals surface area contributed by atoms with Crippen molar-refractivity contribution in [1.82, 2.24) is 10.2 Å². The second-order valence-electron chi connectivity index (χ2n) is 8.72. The van der Waals surface area contributed by atoms with E-state index < -0.39 is 0 Å². The van der Waals surface area contributed by atoms with Gasteiger partial charge in [-0.25, -0.2) is 4.79 Å². The van der Waals surface area contributed by atoms with E-state index >= 15 is 0 Å². The van der Waals surface area contributed by atoms with Gasteiger partial charge in [0, 0.05) is 15.5 Å². The number of nitrogens with zero attached hydrogens (tertiary/aromatic N) is 1. The number of benzene rings is 1. The van der Waals surface area contributed by atoms with Crippen LogP contribution in [0.4, 0.5) is 4.79 Å². The lowest BCUT2D eigenvalue weighted by molar-refractivity contribution is 0.157. The van der Waals surface area contributed by atoms with Gasteiger partial charge in [-0.2, -0.15) is 0 Å². The molecule has 0 radical (unpaired) electrons. The summed E-state index contributed by atoms with van der Waals surface area (Å²) in [6.45, 7) is 3.67. The Labute approximate surface area is 188 Å².